The molecule has 0 aliphatic carbocycles. The Morgan fingerprint density at radius 3 is 2.15 bits per heavy atom. The van der Waals surface area contributed by atoms with Crippen molar-refractivity contribution in [2.45, 2.75) is 116 Å². The van der Waals surface area contributed by atoms with Crippen molar-refractivity contribution in [3.63, 3.8) is 0 Å². The minimum absolute atomic E-state index is 0.0464. The van der Waals surface area contributed by atoms with Crippen LogP contribution in [-0.2, 0) is 14.2 Å². The van der Waals surface area contributed by atoms with Crippen molar-refractivity contribution < 1.29 is 19.0 Å². The Balaban J connectivity index is 1.41. The van der Waals surface area contributed by atoms with E-state index in [2.05, 4.69) is 80.6 Å². The molecule has 12 heteroatoms. The van der Waals surface area contributed by atoms with Crippen LogP contribution in [0.1, 0.15) is 52.1 Å². The van der Waals surface area contributed by atoms with Gasteiger partial charge >= 0.3 is 6.09 Å². The van der Waals surface area contributed by atoms with Crippen molar-refractivity contribution in [1.29, 1.82) is 0 Å². The number of rotatable bonds is 14. The molecule has 1 aromatic carbocycles. The molecule has 10 nitrogen and oxygen atoms in total. The van der Waals surface area contributed by atoms with Gasteiger partial charge in [0.1, 0.15) is 24.9 Å². The van der Waals surface area contributed by atoms with E-state index in [1.807, 2.05) is 60.8 Å². The first-order valence-corrected chi connectivity index (χ1v) is 27.0. The summed E-state index contributed by atoms with van der Waals surface area (Å²) in [7, 11) is -2.57. The van der Waals surface area contributed by atoms with E-state index in [4.69, 9.17) is 29.3 Å². The summed E-state index contributed by atoms with van der Waals surface area (Å²) in [6, 6.07) is 18.7. The maximum absolute atomic E-state index is 13.5. The lowest BCUT2D eigenvalue weighted by Gasteiger charge is -2.45. The van der Waals surface area contributed by atoms with Gasteiger partial charge in [0.2, 0.25) is 0 Å². The lowest BCUT2D eigenvalue weighted by atomic mass is 9.84. The molecular formula is C42H60N6O4Si2. The summed E-state index contributed by atoms with van der Waals surface area (Å²) >= 11 is 0. The van der Waals surface area contributed by atoms with Gasteiger partial charge in [-0.3, -0.25) is 9.88 Å². The fourth-order valence-electron chi connectivity index (χ4n) is 6.97. The van der Waals surface area contributed by atoms with Crippen molar-refractivity contribution >= 4 is 39.3 Å². The highest BCUT2D eigenvalue weighted by Crippen LogP contribution is 2.39. The van der Waals surface area contributed by atoms with Crippen LogP contribution in [-0.4, -0.2) is 91.1 Å². The molecule has 0 radical (unpaired) electrons. The van der Waals surface area contributed by atoms with Gasteiger partial charge in [0, 0.05) is 64.4 Å². The zero-order valence-electron chi connectivity index (χ0n) is 33.9. The summed E-state index contributed by atoms with van der Waals surface area (Å²) in [5.74, 6) is 0.858. The van der Waals surface area contributed by atoms with Crippen LogP contribution in [0.25, 0.3) is 33.6 Å². The van der Waals surface area contributed by atoms with Crippen LogP contribution in [0.2, 0.25) is 51.4 Å². The van der Waals surface area contributed by atoms with Gasteiger partial charge in [0.15, 0.2) is 5.65 Å². The van der Waals surface area contributed by atoms with E-state index in [9.17, 15) is 4.79 Å². The van der Waals surface area contributed by atoms with E-state index in [0.717, 1.165) is 76.5 Å². The number of amides is 1. The van der Waals surface area contributed by atoms with Crippen molar-refractivity contribution in [2.24, 2.45) is 0 Å². The summed E-state index contributed by atoms with van der Waals surface area (Å²) in [5, 5.41) is 4.94. The highest BCUT2D eigenvalue weighted by atomic mass is 28.3. The molecule has 2 aliphatic rings. The molecule has 2 unspecified atom stereocenters. The molecule has 0 N–H and O–H groups in total. The number of carbonyl (C=O) groups is 1. The fraction of sp³-hybridized carbons (Fsp3) is 0.524. The van der Waals surface area contributed by atoms with Crippen LogP contribution >= 0.6 is 0 Å². The lowest BCUT2D eigenvalue weighted by Crippen LogP contribution is -2.53. The second kappa shape index (κ2) is 16.5. The number of benzene rings is 1. The molecule has 3 aromatic heterocycles. The molecule has 0 spiro atoms. The van der Waals surface area contributed by atoms with E-state index in [1.165, 1.54) is 0 Å². The van der Waals surface area contributed by atoms with Crippen LogP contribution in [0.15, 0.2) is 67.0 Å². The molecule has 54 heavy (non-hydrogen) atoms. The van der Waals surface area contributed by atoms with Gasteiger partial charge in [0.25, 0.3) is 0 Å². The number of carbonyl (C=O) groups excluding carboxylic acids is 1. The number of ether oxygens (including phenoxy) is 3. The number of anilines is 1. The number of hydrogen-bond donors (Lipinski definition) is 0. The topological polar surface area (TPSA) is 94.3 Å². The summed E-state index contributed by atoms with van der Waals surface area (Å²) < 4.78 is 20.6. The highest BCUT2D eigenvalue weighted by Gasteiger charge is 2.40. The highest BCUT2D eigenvalue weighted by molar-refractivity contribution is 6.76. The van der Waals surface area contributed by atoms with Gasteiger partial charge in [-0.15, -0.1) is 0 Å². The summed E-state index contributed by atoms with van der Waals surface area (Å²) in [6.07, 6.45) is 9.41. The van der Waals surface area contributed by atoms with Gasteiger partial charge in [-0.25, -0.2) is 9.78 Å². The van der Waals surface area contributed by atoms with Gasteiger partial charge < -0.3 is 19.1 Å². The summed E-state index contributed by atoms with van der Waals surface area (Å²) in [4.78, 5) is 27.8. The third-order valence-corrected chi connectivity index (χ3v) is 13.4. The smallest absolute Gasteiger partial charge is 0.411 e. The Labute approximate surface area is 323 Å². The lowest BCUT2D eigenvalue weighted by molar-refractivity contribution is 0.0000552. The van der Waals surface area contributed by atoms with E-state index in [1.54, 1.807) is 0 Å². The van der Waals surface area contributed by atoms with Crippen molar-refractivity contribution in [3.05, 3.63) is 72.7 Å². The van der Waals surface area contributed by atoms with Gasteiger partial charge in [-0.1, -0.05) is 81.8 Å². The molecule has 0 saturated carbocycles. The van der Waals surface area contributed by atoms with E-state index in [-0.39, 0.29) is 18.2 Å². The average molecular weight is 769 g/mol. The standard InChI is InChI=1S/C42H60N6O4Si2/c1-42(2,3)52-41(49)47-34-16-13-17-35(47)25-33(24-34)38-26-39(46(29-50-20-22-53(4,5)6)30-51-21-23-54(7,8)9)48-40(45-38)36(28-44-48)32-18-19-37(43-27-32)31-14-11-10-12-15-31/h10-12,14-15,18-19,24,26-28,34-35H,13,16-17,20-23,25,29-30H2,1-9H3. The number of pyridine rings is 1. The molecule has 290 valence electrons. The molecule has 2 aliphatic heterocycles. The number of hydrogen-bond acceptors (Lipinski definition) is 8. The van der Waals surface area contributed by atoms with Crippen molar-refractivity contribution in [1.82, 2.24) is 24.5 Å². The van der Waals surface area contributed by atoms with Gasteiger partial charge in [-0.05, 0) is 70.2 Å². The maximum Gasteiger partial charge on any atom is 0.411 e. The van der Waals surface area contributed by atoms with Gasteiger partial charge in [0.05, 0.1) is 23.6 Å². The van der Waals surface area contributed by atoms with Crippen LogP contribution < -0.4 is 4.90 Å². The monoisotopic (exact) mass is 768 g/mol. The Morgan fingerprint density at radius 1 is 0.870 bits per heavy atom. The fourth-order valence-corrected chi connectivity index (χ4v) is 8.48. The number of nitrogens with zero attached hydrogens (tertiary/aromatic N) is 6. The van der Waals surface area contributed by atoms with Gasteiger partial charge in [-0.2, -0.15) is 9.61 Å². The summed E-state index contributed by atoms with van der Waals surface area (Å²) in [6.45, 7) is 22.1. The van der Waals surface area contributed by atoms with Crippen LogP contribution in [0.4, 0.5) is 10.6 Å². The molecule has 1 amide bonds. The number of fused-ring (bicyclic) bond motifs is 3. The third kappa shape index (κ3) is 10.3. The van der Waals surface area contributed by atoms with Crippen LogP contribution in [0.3, 0.4) is 0 Å². The quantitative estimate of drug-likeness (QED) is 0.0711. The van der Waals surface area contributed by atoms with Crippen LogP contribution in [0, 0.1) is 0 Å². The Hall–Kier alpha value is -3.85. The van der Waals surface area contributed by atoms with Crippen molar-refractivity contribution in [3.8, 4) is 22.4 Å². The largest absolute Gasteiger partial charge is 0.444 e. The second-order valence-corrected chi connectivity index (χ2v) is 29.5. The number of piperidine rings is 1. The average Bonchev–Trinajstić information content (AvgIpc) is 3.53. The minimum Gasteiger partial charge on any atom is -0.444 e. The first-order chi connectivity index (χ1) is 25.5. The first-order valence-electron chi connectivity index (χ1n) is 19.6. The zero-order chi connectivity index (χ0) is 38.7. The molecule has 5 heterocycles. The van der Waals surface area contributed by atoms with E-state index < -0.39 is 21.7 Å². The number of aromatic nitrogens is 4. The Kier molecular flexibility index (Phi) is 12.2. The van der Waals surface area contributed by atoms with Crippen LogP contribution in [0.5, 0.6) is 0 Å². The predicted molar refractivity (Wildman–Crippen MR) is 224 cm³/mol. The Morgan fingerprint density at radius 2 is 1.56 bits per heavy atom. The normalized spacial score (nSPS) is 17.8. The first kappa shape index (κ1) is 39.8. The Bertz CT molecular complexity index is 1890. The van der Waals surface area contributed by atoms with E-state index >= 15 is 0 Å². The minimum atomic E-state index is -1.28. The summed E-state index contributed by atoms with van der Waals surface area (Å²) in [5.41, 5.74) is 6.02. The van der Waals surface area contributed by atoms with E-state index in [0.29, 0.717) is 33.1 Å². The molecular weight excluding hydrogens is 709 g/mol. The predicted octanol–water partition coefficient (Wildman–Crippen LogP) is 9.83. The molecule has 4 aromatic rings. The molecule has 1 saturated heterocycles. The SMILES string of the molecule is CC(C)(C)OC(=O)N1C2C=C(c3cc(N(COCC[Si](C)(C)C)COCC[Si](C)(C)C)n4ncc(-c5ccc(-c6ccccc6)nc5)c4n3)CC1CCC2. The molecule has 2 atom stereocenters. The molecule has 1 fully saturated rings. The third-order valence-electron chi connectivity index (χ3n) is 9.98. The molecule has 2 bridgehead atoms. The van der Waals surface area contributed by atoms with Crippen molar-refractivity contribution in [2.75, 3.05) is 31.6 Å². The zero-order valence-corrected chi connectivity index (χ0v) is 35.9. The maximum atomic E-state index is 13.5. The second-order valence-electron chi connectivity index (χ2n) is 18.3. The molecule has 6 rings (SSSR count).